The molecule has 2 aromatic heterocycles. The van der Waals surface area contributed by atoms with Gasteiger partial charge in [-0.2, -0.15) is 5.10 Å². The van der Waals surface area contributed by atoms with Crippen LogP contribution in [0.4, 0.5) is 0 Å². The summed E-state index contributed by atoms with van der Waals surface area (Å²) in [5.41, 5.74) is 1.61. The van der Waals surface area contributed by atoms with E-state index in [1.807, 2.05) is 11.8 Å². The van der Waals surface area contributed by atoms with E-state index in [0.29, 0.717) is 36.6 Å². The number of fused-ring (bicyclic) bond motifs is 1. The van der Waals surface area contributed by atoms with Gasteiger partial charge in [-0.25, -0.2) is 4.98 Å². The number of carbonyl (C=O) groups excluding carboxylic acids is 2. The van der Waals surface area contributed by atoms with Gasteiger partial charge >= 0.3 is 0 Å². The van der Waals surface area contributed by atoms with Gasteiger partial charge in [-0.1, -0.05) is 0 Å². The molecule has 1 N–H and O–H groups in total. The molecule has 5 rings (SSSR count). The number of carbonyl (C=O) groups is 2. The molecule has 0 radical (unpaired) electrons. The summed E-state index contributed by atoms with van der Waals surface area (Å²) in [5.74, 6) is 0.822. The summed E-state index contributed by atoms with van der Waals surface area (Å²) < 4.78 is 1.66. The molecule has 158 valence electrons. The SMILES string of the molecule is CCn1nccc1C(=O)N1CCc2nc([C@@H]3CCCN3C(=O)C3CC3)[nH]c(=O)c2C1. The normalized spacial score (nSPS) is 21.0. The number of hydrogen-bond donors (Lipinski definition) is 1. The lowest BCUT2D eigenvalue weighted by molar-refractivity contribution is -0.133. The lowest BCUT2D eigenvalue weighted by atomic mass is 10.1. The van der Waals surface area contributed by atoms with Gasteiger partial charge in [0, 0.05) is 38.2 Å². The molecule has 2 aliphatic heterocycles. The third-order valence-electron chi connectivity index (χ3n) is 6.39. The molecule has 3 aliphatic rings. The Kier molecular flexibility index (Phi) is 4.67. The van der Waals surface area contributed by atoms with Crippen LogP contribution < -0.4 is 5.56 Å². The molecule has 30 heavy (non-hydrogen) atoms. The molecular formula is C21H26N6O3. The minimum Gasteiger partial charge on any atom is -0.332 e. The van der Waals surface area contributed by atoms with E-state index >= 15 is 0 Å². The van der Waals surface area contributed by atoms with Crippen molar-refractivity contribution in [3.05, 3.63) is 45.4 Å². The van der Waals surface area contributed by atoms with Crippen LogP contribution in [0, 0.1) is 5.92 Å². The lowest BCUT2D eigenvalue weighted by Crippen LogP contribution is -2.41. The maximum atomic E-state index is 12.9. The van der Waals surface area contributed by atoms with Crippen LogP contribution in [0.25, 0.3) is 0 Å². The molecular weight excluding hydrogens is 384 g/mol. The van der Waals surface area contributed by atoms with Crippen LogP contribution in [0.5, 0.6) is 0 Å². The Morgan fingerprint density at radius 3 is 2.83 bits per heavy atom. The Morgan fingerprint density at radius 1 is 1.23 bits per heavy atom. The average molecular weight is 410 g/mol. The molecule has 2 aromatic rings. The van der Waals surface area contributed by atoms with Gasteiger partial charge in [0.05, 0.1) is 23.8 Å². The minimum atomic E-state index is -0.206. The summed E-state index contributed by atoms with van der Waals surface area (Å²) in [6.07, 6.45) is 5.84. The van der Waals surface area contributed by atoms with Crippen LogP contribution >= 0.6 is 0 Å². The van der Waals surface area contributed by atoms with E-state index in [2.05, 4.69) is 10.1 Å². The van der Waals surface area contributed by atoms with Crippen molar-refractivity contribution < 1.29 is 9.59 Å². The zero-order valence-electron chi connectivity index (χ0n) is 17.1. The fraction of sp³-hybridized carbons (Fsp3) is 0.571. The van der Waals surface area contributed by atoms with Crippen molar-refractivity contribution in [1.82, 2.24) is 29.5 Å². The van der Waals surface area contributed by atoms with Crippen molar-refractivity contribution in [3.8, 4) is 0 Å². The van der Waals surface area contributed by atoms with E-state index in [1.54, 1.807) is 21.8 Å². The summed E-state index contributed by atoms with van der Waals surface area (Å²) in [4.78, 5) is 49.7. The first-order valence-corrected chi connectivity index (χ1v) is 10.8. The third-order valence-corrected chi connectivity index (χ3v) is 6.39. The third kappa shape index (κ3) is 3.22. The second-order valence-electron chi connectivity index (χ2n) is 8.35. The Hall–Kier alpha value is -2.97. The van der Waals surface area contributed by atoms with E-state index in [9.17, 15) is 14.4 Å². The van der Waals surface area contributed by atoms with Crippen LogP contribution in [-0.4, -0.2) is 54.5 Å². The number of aryl methyl sites for hydroxylation is 1. The zero-order chi connectivity index (χ0) is 20.8. The zero-order valence-corrected chi connectivity index (χ0v) is 17.1. The number of aromatic nitrogens is 4. The number of aromatic amines is 1. The molecule has 0 spiro atoms. The number of likely N-dealkylation sites (tertiary alicyclic amines) is 1. The van der Waals surface area contributed by atoms with Crippen molar-refractivity contribution in [1.29, 1.82) is 0 Å². The van der Waals surface area contributed by atoms with Crippen LogP contribution in [0.15, 0.2) is 17.1 Å². The van der Waals surface area contributed by atoms with Gasteiger partial charge < -0.3 is 14.8 Å². The highest BCUT2D eigenvalue weighted by Crippen LogP contribution is 2.37. The standard InChI is InChI=1S/C21H26N6O3/c1-2-27-17(7-9-22-27)21(30)25-11-8-15-14(12-25)19(28)24-18(23-15)16-4-3-10-26(16)20(29)13-5-6-13/h7,9,13,16H,2-6,8,10-12H2,1H3,(H,23,24,28)/t16-/m0/s1. The summed E-state index contributed by atoms with van der Waals surface area (Å²) >= 11 is 0. The van der Waals surface area contributed by atoms with Gasteiger partial charge in [-0.3, -0.25) is 19.1 Å². The van der Waals surface area contributed by atoms with Crippen molar-refractivity contribution in [2.24, 2.45) is 5.92 Å². The lowest BCUT2D eigenvalue weighted by Gasteiger charge is -2.29. The Morgan fingerprint density at radius 2 is 2.07 bits per heavy atom. The van der Waals surface area contributed by atoms with E-state index < -0.39 is 0 Å². The summed E-state index contributed by atoms with van der Waals surface area (Å²) in [6.45, 7) is 4.02. The number of amides is 2. The fourth-order valence-electron chi connectivity index (χ4n) is 4.58. The molecule has 2 fully saturated rings. The van der Waals surface area contributed by atoms with E-state index in [1.165, 1.54) is 0 Å². The second-order valence-corrected chi connectivity index (χ2v) is 8.35. The molecule has 0 aromatic carbocycles. The second kappa shape index (κ2) is 7.37. The first-order chi connectivity index (χ1) is 14.6. The number of nitrogens with zero attached hydrogens (tertiary/aromatic N) is 5. The maximum Gasteiger partial charge on any atom is 0.272 e. The van der Waals surface area contributed by atoms with Crippen molar-refractivity contribution in [2.45, 2.75) is 58.2 Å². The Bertz CT molecular complexity index is 1050. The summed E-state index contributed by atoms with van der Waals surface area (Å²) in [5, 5.41) is 4.16. The smallest absolute Gasteiger partial charge is 0.272 e. The predicted octanol–water partition coefficient (Wildman–Crippen LogP) is 1.26. The Labute approximate surface area is 174 Å². The maximum absolute atomic E-state index is 12.9. The quantitative estimate of drug-likeness (QED) is 0.817. The van der Waals surface area contributed by atoms with Crippen LogP contribution in [-0.2, 0) is 24.3 Å². The number of hydrogen-bond acceptors (Lipinski definition) is 5. The number of nitrogens with one attached hydrogen (secondary N) is 1. The monoisotopic (exact) mass is 410 g/mol. The molecule has 2 amide bonds. The summed E-state index contributed by atoms with van der Waals surface area (Å²) in [7, 11) is 0. The molecule has 0 unspecified atom stereocenters. The van der Waals surface area contributed by atoms with E-state index in [-0.39, 0.29) is 35.9 Å². The van der Waals surface area contributed by atoms with Gasteiger partial charge in [0.2, 0.25) is 5.91 Å². The first kappa shape index (κ1) is 19.0. The van der Waals surface area contributed by atoms with Crippen molar-refractivity contribution in [2.75, 3.05) is 13.1 Å². The molecule has 1 saturated heterocycles. The van der Waals surface area contributed by atoms with Gasteiger partial charge in [0.1, 0.15) is 11.5 Å². The van der Waals surface area contributed by atoms with Gasteiger partial charge in [-0.05, 0) is 38.7 Å². The fourth-order valence-corrected chi connectivity index (χ4v) is 4.58. The summed E-state index contributed by atoms with van der Waals surface area (Å²) in [6, 6.07) is 1.56. The van der Waals surface area contributed by atoms with Crippen LogP contribution in [0.1, 0.15) is 66.2 Å². The topological polar surface area (TPSA) is 104 Å². The minimum absolute atomic E-state index is 0.125. The van der Waals surface area contributed by atoms with E-state index in [0.717, 1.165) is 37.9 Å². The first-order valence-electron chi connectivity index (χ1n) is 10.8. The molecule has 9 nitrogen and oxygen atoms in total. The van der Waals surface area contributed by atoms with Gasteiger partial charge in [0.15, 0.2) is 0 Å². The highest BCUT2D eigenvalue weighted by molar-refractivity contribution is 5.92. The molecule has 1 saturated carbocycles. The van der Waals surface area contributed by atoms with Crippen molar-refractivity contribution in [3.63, 3.8) is 0 Å². The molecule has 1 aliphatic carbocycles. The van der Waals surface area contributed by atoms with Gasteiger partial charge in [-0.15, -0.1) is 0 Å². The van der Waals surface area contributed by atoms with Crippen molar-refractivity contribution >= 4 is 11.8 Å². The van der Waals surface area contributed by atoms with Gasteiger partial charge in [0.25, 0.3) is 11.5 Å². The number of rotatable bonds is 4. The largest absolute Gasteiger partial charge is 0.332 e. The molecule has 0 bridgehead atoms. The molecule has 1 atom stereocenters. The highest BCUT2D eigenvalue weighted by atomic mass is 16.2. The number of H-pyrrole nitrogens is 1. The Balaban J connectivity index is 1.38. The predicted molar refractivity (Wildman–Crippen MR) is 108 cm³/mol. The molecule has 9 heteroatoms. The van der Waals surface area contributed by atoms with E-state index in [4.69, 9.17) is 4.98 Å². The van der Waals surface area contributed by atoms with Crippen LogP contribution in [0.2, 0.25) is 0 Å². The highest BCUT2D eigenvalue weighted by Gasteiger charge is 2.40. The molecule has 4 heterocycles. The van der Waals surface area contributed by atoms with Crippen LogP contribution in [0.3, 0.4) is 0 Å². The average Bonchev–Trinajstić information content (AvgIpc) is 3.30.